The van der Waals surface area contributed by atoms with Crippen molar-refractivity contribution in [2.45, 2.75) is 6.92 Å². The number of carbonyl (C=O) groups is 2. The Balaban J connectivity index is 1.99. The minimum atomic E-state index is -0.638. The number of benzene rings is 3. The number of para-hydroxylation sites is 2. The Morgan fingerprint density at radius 3 is 1.88 bits per heavy atom. The highest BCUT2D eigenvalue weighted by atomic mass is 35.5. The smallest absolute Gasteiger partial charge is 0.261 e. The van der Waals surface area contributed by atoms with Gasteiger partial charge in [-0.25, -0.2) is 0 Å². The van der Waals surface area contributed by atoms with E-state index in [0.717, 1.165) is 0 Å². The second kappa shape index (κ2) is 11.4. The van der Waals surface area contributed by atoms with E-state index in [2.05, 4.69) is 10.6 Å². The summed E-state index contributed by atoms with van der Waals surface area (Å²) >= 11 is 12.3. The lowest BCUT2D eigenvalue weighted by Gasteiger charge is -2.13. The number of methoxy groups -OCH3 is 1. The molecule has 3 aromatic rings. The predicted molar refractivity (Wildman–Crippen MR) is 132 cm³/mol. The number of nitrogens with one attached hydrogen (secondary N) is 2. The number of hydrogen-bond acceptors (Lipinski definition) is 4. The van der Waals surface area contributed by atoms with Gasteiger partial charge < -0.3 is 20.1 Å². The highest BCUT2D eigenvalue weighted by Gasteiger charge is 2.21. The molecule has 0 atom stereocenters. The van der Waals surface area contributed by atoms with E-state index in [4.69, 9.17) is 32.7 Å². The van der Waals surface area contributed by atoms with Gasteiger partial charge in [0.25, 0.3) is 11.8 Å². The summed E-state index contributed by atoms with van der Waals surface area (Å²) in [6.07, 6.45) is 1.45. The third-order valence-electron chi connectivity index (χ3n) is 4.53. The van der Waals surface area contributed by atoms with Crippen LogP contribution in [0, 0.1) is 0 Å². The van der Waals surface area contributed by atoms with E-state index in [0.29, 0.717) is 45.1 Å². The molecule has 3 rings (SSSR count). The monoisotopic (exact) mass is 484 g/mol. The summed E-state index contributed by atoms with van der Waals surface area (Å²) in [5, 5.41) is 6.06. The molecule has 0 fully saturated rings. The number of halogens is 2. The van der Waals surface area contributed by atoms with E-state index >= 15 is 0 Å². The standard InChI is InChI=1S/C25H22Cl2N2O4/c1-3-33-22-13-12-16(15-23(22)32-2)14-17(24(30)28-20-10-6-4-8-18(20)26)25(31)29-21-11-7-5-9-19(21)27/h4-15H,3H2,1-2H3,(H,28,30)(H,29,31). The zero-order valence-electron chi connectivity index (χ0n) is 18.0. The fourth-order valence-corrected chi connectivity index (χ4v) is 3.32. The first kappa shape index (κ1) is 24.2. The third kappa shape index (κ3) is 6.28. The maximum Gasteiger partial charge on any atom is 0.261 e. The molecule has 0 unspecified atom stereocenters. The zero-order chi connectivity index (χ0) is 23.8. The van der Waals surface area contributed by atoms with E-state index in [1.807, 2.05) is 6.92 Å². The number of hydrogen-bond donors (Lipinski definition) is 2. The lowest BCUT2D eigenvalue weighted by Crippen LogP contribution is -2.25. The summed E-state index contributed by atoms with van der Waals surface area (Å²) in [6, 6.07) is 18.6. The van der Waals surface area contributed by atoms with Crippen LogP contribution in [0.2, 0.25) is 10.0 Å². The number of ether oxygens (including phenoxy) is 2. The minimum absolute atomic E-state index is 0.152. The second-order valence-corrected chi connectivity index (χ2v) is 7.58. The average molecular weight is 485 g/mol. The maximum absolute atomic E-state index is 13.1. The highest BCUT2D eigenvalue weighted by Crippen LogP contribution is 2.30. The first-order valence-electron chi connectivity index (χ1n) is 10.1. The van der Waals surface area contributed by atoms with Gasteiger partial charge in [-0.2, -0.15) is 0 Å². The van der Waals surface area contributed by atoms with Gasteiger partial charge in [-0.1, -0.05) is 53.5 Å². The molecule has 2 amide bonds. The van der Waals surface area contributed by atoms with E-state index in [1.54, 1.807) is 66.7 Å². The van der Waals surface area contributed by atoms with Crippen molar-refractivity contribution in [3.05, 3.63) is 87.9 Å². The van der Waals surface area contributed by atoms with Gasteiger partial charge in [0.15, 0.2) is 11.5 Å². The lowest BCUT2D eigenvalue weighted by molar-refractivity contribution is -0.118. The molecular weight excluding hydrogens is 463 g/mol. The normalized spacial score (nSPS) is 10.2. The van der Waals surface area contributed by atoms with Gasteiger partial charge in [0.05, 0.1) is 35.1 Å². The Labute approximate surface area is 202 Å². The summed E-state index contributed by atoms with van der Waals surface area (Å²) in [7, 11) is 1.51. The quantitative estimate of drug-likeness (QED) is 0.231. The van der Waals surface area contributed by atoms with Gasteiger partial charge in [-0.05, 0) is 55.0 Å². The number of amides is 2. The summed E-state index contributed by atoms with van der Waals surface area (Å²) in [5.74, 6) is -0.247. The van der Waals surface area contributed by atoms with Gasteiger partial charge in [0.2, 0.25) is 0 Å². The van der Waals surface area contributed by atoms with Crippen LogP contribution in [0.25, 0.3) is 6.08 Å². The topological polar surface area (TPSA) is 76.7 Å². The number of carbonyl (C=O) groups excluding carboxylic acids is 2. The van der Waals surface area contributed by atoms with Crippen molar-refractivity contribution in [2.75, 3.05) is 24.4 Å². The summed E-state index contributed by atoms with van der Waals surface area (Å²) in [5.41, 5.74) is 1.17. The van der Waals surface area contributed by atoms with E-state index in [1.165, 1.54) is 13.2 Å². The molecule has 0 saturated heterocycles. The van der Waals surface area contributed by atoms with E-state index < -0.39 is 11.8 Å². The van der Waals surface area contributed by atoms with Gasteiger partial charge in [-0.15, -0.1) is 0 Å². The number of rotatable bonds is 8. The Hall–Kier alpha value is -3.48. The largest absolute Gasteiger partial charge is 0.493 e. The van der Waals surface area contributed by atoms with Gasteiger partial charge >= 0.3 is 0 Å². The van der Waals surface area contributed by atoms with Crippen molar-refractivity contribution in [3.8, 4) is 11.5 Å². The van der Waals surface area contributed by atoms with Crippen molar-refractivity contribution in [2.24, 2.45) is 0 Å². The van der Waals surface area contributed by atoms with Crippen molar-refractivity contribution >= 4 is 52.5 Å². The molecular formula is C25H22Cl2N2O4. The molecule has 2 N–H and O–H groups in total. The molecule has 0 heterocycles. The third-order valence-corrected chi connectivity index (χ3v) is 5.19. The first-order chi connectivity index (χ1) is 15.9. The molecule has 170 valence electrons. The van der Waals surface area contributed by atoms with E-state index in [-0.39, 0.29) is 5.57 Å². The molecule has 33 heavy (non-hydrogen) atoms. The molecule has 0 bridgehead atoms. The van der Waals surface area contributed by atoms with Crippen LogP contribution in [-0.4, -0.2) is 25.5 Å². The summed E-state index contributed by atoms with van der Waals surface area (Å²) in [4.78, 5) is 26.2. The van der Waals surface area contributed by atoms with Gasteiger partial charge in [0.1, 0.15) is 5.57 Å². The van der Waals surface area contributed by atoms with Crippen LogP contribution in [0.15, 0.2) is 72.3 Å². The fraction of sp³-hybridized carbons (Fsp3) is 0.120. The van der Waals surface area contributed by atoms with Crippen LogP contribution in [0.4, 0.5) is 11.4 Å². The molecule has 0 saturated carbocycles. The van der Waals surface area contributed by atoms with Crippen LogP contribution < -0.4 is 20.1 Å². The molecule has 0 radical (unpaired) electrons. The molecule has 0 aliphatic rings. The average Bonchev–Trinajstić information content (AvgIpc) is 2.81. The van der Waals surface area contributed by atoms with Crippen LogP contribution in [0.1, 0.15) is 12.5 Å². The Kier molecular flexibility index (Phi) is 8.35. The molecule has 0 aromatic heterocycles. The van der Waals surface area contributed by atoms with Crippen LogP contribution in [0.5, 0.6) is 11.5 Å². The SMILES string of the molecule is CCOc1ccc(C=C(C(=O)Nc2ccccc2Cl)C(=O)Nc2ccccc2Cl)cc1OC. The van der Waals surface area contributed by atoms with Crippen LogP contribution in [0.3, 0.4) is 0 Å². The Bertz CT molecular complexity index is 1130. The van der Waals surface area contributed by atoms with Crippen molar-refractivity contribution in [1.29, 1.82) is 0 Å². The number of anilines is 2. The summed E-state index contributed by atoms with van der Waals surface area (Å²) < 4.78 is 10.9. The van der Waals surface area contributed by atoms with Gasteiger partial charge in [-0.3, -0.25) is 9.59 Å². The summed E-state index contributed by atoms with van der Waals surface area (Å²) in [6.45, 7) is 2.33. The Morgan fingerprint density at radius 1 is 0.848 bits per heavy atom. The minimum Gasteiger partial charge on any atom is -0.493 e. The molecule has 6 nitrogen and oxygen atoms in total. The molecule has 8 heteroatoms. The van der Waals surface area contributed by atoms with Gasteiger partial charge in [0, 0.05) is 0 Å². The molecule has 3 aromatic carbocycles. The molecule has 0 spiro atoms. The zero-order valence-corrected chi connectivity index (χ0v) is 19.5. The molecule has 0 aliphatic heterocycles. The highest BCUT2D eigenvalue weighted by molar-refractivity contribution is 6.36. The van der Waals surface area contributed by atoms with Crippen molar-refractivity contribution in [3.63, 3.8) is 0 Å². The van der Waals surface area contributed by atoms with Crippen molar-refractivity contribution < 1.29 is 19.1 Å². The maximum atomic E-state index is 13.1. The van der Waals surface area contributed by atoms with E-state index in [9.17, 15) is 9.59 Å². The Morgan fingerprint density at radius 2 is 1.39 bits per heavy atom. The van der Waals surface area contributed by atoms with Crippen LogP contribution in [-0.2, 0) is 9.59 Å². The fourth-order valence-electron chi connectivity index (χ4n) is 2.95. The second-order valence-electron chi connectivity index (χ2n) is 6.77. The first-order valence-corrected chi connectivity index (χ1v) is 10.8. The predicted octanol–water partition coefficient (Wildman–Crippen LogP) is 6.06. The van der Waals surface area contributed by atoms with Crippen LogP contribution >= 0.6 is 23.2 Å². The van der Waals surface area contributed by atoms with Crippen molar-refractivity contribution in [1.82, 2.24) is 0 Å². The molecule has 0 aliphatic carbocycles. The lowest BCUT2D eigenvalue weighted by atomic mass is 10.1.